The van der Waals surface area contributed by atoms with Gasteiger partial charge in [-0.3, -0.25) is 10.0 Å². The van der Waals surface area contributed by atoms with Crippen LogP contribution in [0.25, 0.3) is 0 Å². The summed E-state index contributed by atoms with van der Waals surface area (Å²) in [6.45, 7) is -0.302. The average Bonchev–Trinajstić information content (AvgIpc) is 2.35. The number of aliphatic hydroxyl groups is 1. The fourth-order valence-electron chi connectivity index (χ4n) is 1.34. The molecule has 0 aliphatic carbocycles. The van der Waals surface area contributed by atoms with Crippen molar-refractivity contribution in [3.63, 3.8) is 0 Å². The van der Waals surface area contributed by atoms with Crippen LogP contribution in [-0.4, -0.2) is 22.3 Å². The summed E-state index contributed by atoms with van der Waals surface area (Å²) in [7, 11) is 1.55. The van der Waals surface area contributed by atoms with Crippen molar-refractivity contribution in [3.8, 4) is 6.07 Å². The molecule has 1 aromatic rings. The molecule has 1 aromatic carbocycles. The second-order valence-corrected chi connectivity index (χ2v) is 3.70. The zero-order valence-corrected chi connectivity index (χ0v) is 10.1. The number of nitriles is 1. The van der Waals surface area contributed by atoms with Crippen molar-refractivity contribution in [3.05, 3.63) is 29.3 Å². The summed E-state index contributed by atoms with van der Waals surface area (Å²) in [4.78, 5) is 0. The third kappa shape index (κ3) is 2.69. The fraction of sp³-hybridized carbons (Fsp3) is 0.200. The van der Waals surface area contributed by atoms with Gasteiger partial charge in [0, 0.05) is 12.6 Å². The van der Waals surface area contributed by atoms with E-state index in [-0.39, 0.29) is 11.7 Å². The molecule has 17 heavy (non-hydrogen) atoms. The Morgan fingerprint density at radius 3 is 2.65 bits per heavy atom. The first-order chi connectivity index (χ1) is 8.02. The number of hydrogen-bond donors (Lipinski definition) is 3. The van der Waals surface area contributed by atoms with Gasteiger partial charge in [-0.05, 0) is 24.4 Å². The lowest BCUT2D eigenvalue weighted by Gasteiger charge is -2.25. The molecule has 0 saturated heterocycles. The molecular weight excluding hydrogens is 238 g/mol. The molecule has 5 N–H and O–H groups in total. The SMILES string of the molecule is CN(N)C(=S)N(N)c1cccc(C#N)c1CO. The summed E-state index contributed by atoms with van der Waals surface area (Å²) in [6.07, 6.45) is 0. The van der Waals surface area contributed by atoms with Crippen molar-refractivity contribution in [1.82, 2.24) is 5.01 Å². The van der Waals surface area contributed by atoms with Gasteiger partial charge in [0.25, 0.3) is 0 Å². The number of benzene rings is 1. The molecule has 0 bridgehead atoms. The first-order valence-electron chi connectivity index (χ1n) is 4.73. The van der Waals surface area contributed by atoms with Gasteiger partial charge >= 0.3 is 0 Å². The smallest absolute Gasteiger partial charge is 0.204 e. The number of hydrazine groups is 2. The molecule has 7 heteroatoms. The maximum absolute atomic E-state index is 9.28. The van der Waals surface area contributed by atoms with E-state index in [1.54, 1.807) is 25.2 Å². The second kappa shape index (κ2) is 5.56. The highest BCUT2D eigenvalue weighted by atomic mass is 32.1. The van der Waals surface area contributed by atoms with Crippen LogP contribution in [0, 0.1) is 11.3 Å². The average molecular weight is 251 g/mol. The van der Waals surface area contributed by atoms with E-state index >= 15 is 0 Å². The second-order valence-electron chi connectivity index (χ2n) is 3.34. The topological polar surface area (TPSA) is 103 Å². The number of nitrogens with two attached hydrogens (primary N) is 2. The summed E-state index contributed by atoms with van der Waals surface area (Å²) in [6, 6.07) is 6.89. The van der Waals surface area contributed by atoms with Crippen molar-refractivity contribution >= 4 is 23.0 Å². The van der Waals surface area contributed by atoms with Crippen LogP contribution in [0.4, 0.5) is 5.69 Å². The number of aliphatic hydroxyl groups excluding tert-OH is 1. The van der Waals surface area contributed by atoms with Crippen LogP contribution in [0.3, 0.4) is 0 Å². The Kier molecular flexibility index (Phi) is 4.37. The van der Waals surface area contributed by atoms with E-state index in [0.29, 0.717) is 16.8 Å². The lowest BCUT2D eigenvalue weighted by molar-refractivity contribution is 0.282. The highest BCUT2D eigenvalue weighted by Crippen LogP contribution is 2.22. The molecule has 0 fully saturated rings. The highest BCUT2D eigenvalue weighted by Gasteiger charge is 2.16. The zero-order chi connectivity index (χ0) is 13.0. The monoisotopic (exact) mass is 251 g/mol. The summed E-state index contributed by atoms with van der Waals surface area (Å²) in [5.74, 6) is 11.3. The summed E-state index contributed by atoms with van der Waals surface area (Å²) >= 11 is 5.01. The summed E-state index contributed by atoms with van der Waals surface area (Å²) < 4.78 is 0. The van der Waals surface area contributed by atoms with Gasteiger partial charge in [0.1, 0.15) is 0 Å². The van der Waals surface area contributed by atoms with Gasteiger partial charge in [-0.15, -0.1) is 0 Å². The van der Waals surface area contributed by atoms with Gasteiger partial charge in [-0.25, -0.2) is 11.7 Å². The van der Waals surface area contributed by atoms with E-state index in [1.807, 2.05) is 6.07 Å². The van der Waals surface area contributed by atoms with E-state index in [4.69, 9.17) is 29.2 Å². The molecule has 1 rings (SSSR count). The van der Waals surface area contributed by atoms with E-state index < -0.39 is 0 Å². The first-order valence-corrected chi connectivity index (χ1v) is 5.13. The molecule has 0 radical (unpaired) electrons. The van der Waals surface area contributed by atoms with Gasteiger partial charge in [0.15, 0.2) is 0 Å². The number of rotatable bonds is 2. The number of nitrogens with zero attached hydrogens (tertiary/aromatic N) is 3. The van der Waals surface area contributed by atoms with Crippen LogP contribution in [0.5, 0.6) is 0 Å². The molecule has 0 heterocycles. The zero-order valence-electron chi connectivity index (χ0n) is 9.29. The van der Waals surface area contributed by atoms with Crippen LogP contribution in [0.15, 0.2) is 18.2 Å². The molecule has 0 spiro atoms. The van der Waals surface area contributed by atoms with Gasteiger partial charge in [-0.1, -0.05) is 6.07 Å². The first kappa shape index (κ1) is 13.3. The predicted molar refractivity (Wildman–Crippen MR) is 68.3 cm³/mol. The van der Waals surface area contributed by atoms with Crippen LogP contribution >= 0.6 is 12.2 Å². The van der Waals surface area contributed by atoms with E-state index in [2.05, 4.69) is 0 Å². The summed E-state index contributed by atoms with van der Waals surface area (Å²) in [5.41, 5.74) is 1.22. The van der Waals surface area contributed by atoms with Crippen LogP contribution < -0.4 is 16.7 Å². The largest absolute Gasteiger partial charge is 0.392 e. The molecule has 90 valence electrons. The Labute approximate surface area is 105 Å². The van der Waals surface area contributed by atoms with E-state index in [9.17, 15) is 5.11 Å². The third-order valence-electron chi connectivity index (χ3n) is 2.20. The molecule has 0 aliphatic heterocycles. The molecular formula is C10H13N5OS. The van der Waals surface area contributed by atoms with Gasteiger partial charge in [0.05, 0.1) is 23.9 Å². The maximum Gasteiger partial charge on any atom is 0.204 e. The minimum atomic E-state index is -0.302. The minimum Gasteiger partial charge on any atom is -0.392 e. The number of anilines is 1. The predicted octanol–water partition coefficient (Wildman–Crippen LogP) is -0.179. The normalized spacial score (nSPS) is 9.59. The molecule has 6 nitrogen and oxygen atoms in total. The Hall–Kier alpha value is -1.72. The Bertz CT molecular complexity index is 468. The van der Waals surface area contributed by atoms with E-state index in [1.165, 1.54) is 5.01 Å². The highest BCUT2D eigenvalue weighted by molar-refractivity contribution is 7.80. The van der Waals surface area contributed by atoms with Crippen molar-refractivity contribution in [2.24, 2.45) is 11.7 Å². The van der Waals surface area contributed by atoms with Crippen molar-refractivity contribution < 1.29 is 5.11 Å². The molecule has 0 amide bonds. The van der Waals surface area contributed by atoms with Crippen molar-refractivity contribution in [1.29, 1.82) is 5.26 Å². The van der Waals surface area contributed by atoms with E-state index in [0.717, 1.165) is 5.01 Å². The maximum atomic E-state index is 9.28. The molecule has 0 aliphatic rings. The minimum absolute atomic E-state index is 0.176. The van der Waals surface area contributed by atoms with Crippen LogP contribution in [0.2, 0.25) is 0 Å². The standard InChI is InChI=1S/C10H13N5OS/c1-14(12)10(17)15(13)9-4-2-3-7(5-11)8(9)6-16/h2-4,16H,6,12-13H2,1H3. The third-order valence-corrected chi connectivity index (χ3v) is 2.68. The fourth-order valence-corrected chi connectivity index (χ4v) is 1.44. The van der Waals surface area contributed by atoms with Gasteiger partial charge in [0.2, 0.25) is 5.11 Å². The van der Waals surface area contributed by atoms with Gasteiger partial charge in [-0.2, -0.15) is 5.26 Å². The quantitative estimate of drug-likeness (QED) is 0.380. The van der Waals surface area contributed by atoms with Crippen LogP contribution in [-0.2, 0) is 6.61 Å². The van der Waals surface area contributed by atoms with Crippen LogP contribution in [0.1, 0.15) is 11.1 Å². The molecule has 0 atom stereocenters. The lowest BCUT2D eigenvalue weighted by Crippen LogP contribution is -2.48. The Balaban J connectivity index is 3.23. The van der Waals surface area contributed by atoms with Gasteiger partial charge < -0.3 is 5.11 Å². The summed E-state index contributed by atoms with van der Waals surface area (Å²) in [5, 5.41) is 20.7. The lowest BCUT2D eigenvalue weighted by atomic mass is 10.1. The molecule has 0 unspecified atom stereocenters. The Morgan fingerprint density at radius 2 is 2.18 bits per heavy atom. The number of hydrogen-bond acceptors (Lipinski definition) is 5. The molecule has 0 aromatic heterocycles. The molecule has 0 saturated carbocycles. The number of thiocarbonyl (C=S) groups is 1. The Morgan fingerprint density at radius 1 is 1.53 bits per heavy atom. The van der Waals surface area contributed by atoms with Crippen molar-refractivity contribution in [2.75, 3.05) is 12.1 Å². The van der Waals surface area contributed by atoms with Crippen molar-refractivity contribution in [2.45, 2.75) is 6.61 Å².